The molecule has 0 fully saturated rings. The predicted octanol–water partition coefficient (Wildman–Crippen LogP) is -0.629. The summed E-state index contributed by atoms with van der Waals surface area (Å²) in [5, 5.41) is 4.83. The minimum atomic E-state index is -3.26. The third kappa shape index (κ3) is 9.87. The number of rotatable bonds is 4. The fourth-order valence-electron chi connectivity index (χ4n) is 0.740. The van der Waals surface area contributed by atoms with E-state index < -0.39 is 10.0 Å². The zero-order valence-corrected chi connectivity index (χ0v) is 8.19. The van der Waals surface area contributed by atoms with Crippen molar-refractivity contribution in [1.29, 1.82) is 0 Å². The Labute approximate surface area is 68.6 Å². The number of nitrogens with two attached hydrogens (primary N) is 1. The van der Waals surface area contributed by atoms with Gasteiger partial charge in [0.2, 0.25) is 10.0 Å². The summed E-state index contributed by atoms with van der Waals surface area (Å²) in [6.45, 7) is 0.830. The van der Waals surface area contributed by atoms with Gasteiger partial charge in [0.1, 0.15) is 0 Å². The molecule has 0 aliphatic rings. The number of nitrogens with zero attached hydrogens (tertiary/aromatic N) is 1. The summed E-state index contributed by atoms with van der Waals surface area (Å²) in [6.07, 6.45) is 0.627. The fraction of sp³-hybridized carbons (Fsp3) is 1.00. The Kier molecular flexibility index (Phi) is 3.47. The topological polar surface area (TPSA) is 60.2 Å². The molecule has 0 aliphatic carbocycles. The average Bonchev–Trinajstić information content (AvgIpc) is 1.55. The Morgan fingerprint density at radius 3 is 2.00 bits per heavy atom. The number of quaternary nitrogens is 1. The van der Waals surface area contributed by atoms with Gasteiger partial charge in [0, 0.05) is 6.42 Å². The summed E-state index contributed by atoms with van der Waals surface area (Å²) in [5.41, 5.74) is 0. The van der Waals surface area contributed by atoms with E-state index in [0.29, 0.717) is 6.42 Å². The third-order valence-corrected chi connectivity index (χ3v) is 2.12. The molecule has 0 saturated heterocycles. The quantitative estimate of drug-likeness (QED) is 0.587. The lowest BCUT2D eigenvalue weighted by molar-refractivity contribution is -0.870. The first-order chi connectivity index (χ1) is 4.71. The van der Waals surface area contributed by atoms with E-state index >= 15 is 0 Å². The molecule has 0 saturated carbocycles. The Hall–Kier alpha value is -0.130. The molecule has 0 atom stereocenters. The second-order valence-electron chi connectivity index (χ2n) is 3.73. The molecule has 0 amide bonds. The van der Waals surface area contributed by atoms with Crippen LogP contribution in [0, 0.1) is 0 Å². The van der Waals surface area contributed by atoms with Gasteiger partial charge < -0.3 is 4.48 Å². The van der Waals surface area contributed by atoms with Gasteiger partial charge in [-0.05, 0) is 0 Å². The van der Waals surface area contributed by atoms with Crippen molar-refractivity contribution in [3.05, 3.63) is 0 Å². The molecule has 0 rings (SSSR count). The molecule has 0 aliphatic heterocycles. The van der Waals surface area contributed by atoms with Crippen LogP contribution < -0.4 is 5.14 Å². The van der Waals surface area contributed by atoms with Gasteiger partial charge in [0.25, 0.3) is 0 Å². The lowest BCUT2D eigenvalue weighted by atomic mass is 10.4. The van der Waals surface area contributed by atoms with Crippen LogP contribution in [-0.2, 0) is 10.0 Å². The van der Waals surface area contributed by atoms with E-state index in [9.17, 15) is 8.42 Å². The van der Waals surface area contributed by atoms with Crippen LogP contribution in [-0.4, -0.2) is 46.3 Å². The van der Waals surface area contributed by atoms with Crippen molar-refractivity contribution in [3.8, 4) is 0 Å². The first-order valence-corrected chi connectivity index (χ1v) is 5.23. The molecule has 4 nitrogen and oxygen atoms in total. The molecule has 0 aromatic carbocycles. The number of hydrogen-bond donors (Lipinski definition) is 1. The highest BCUT2D eigenvalue weighted by atomic mass is 32.2. The molecular formula is C6H17N2O2S+. The summed E-state index contributed by atoms with van der Waals surface area (Å²) in [6, 6.07) is 0. The zero-order valence-electron chi connectivity index (χ0n) is 7.37. The third-order valence-electron chi connectivity index (χ3n) is 1.26. The van der Waals surface area contributed by atoms with Crippen molar-refractivity contribution in [2.45, 2.75) is 6.42 Å². The normalized spacial score (nSPS) is 13.5. The van der Waals surface area contributed by atoms with Crippen LogP contribution in [0.2, 0.25) is 0 Å². The SMILES string of the molecule is C[N+](C)(C)CCCS(N)(=O)=O. The highest BCUT2D eigenvalue weighted by molar-refractivity contribution is 7.89. The van der Waals surface area contributed by atoms with Gasteiger partial charge in [-0.3, -0.25) is 0 Å². The number of hydrogen-bond acceptors (Lipinski definition) is 2. The largest absolute Gasteiger partial charge is 0.331 e. The molecule has 11 heavy (non-hydrogen) atoms. The molecule has 0 spiro atoms. The molecule has 68 valence electrons. The predicted molar refractivity (Wildman–Crippen MR) is 45.5 cm³/mol. The maximum Gasteiger partial charge on any atom is 0.209 e. The molecule has 0 unspecified atom stereocenters. The van der Waals surface area contributed by atoms with Gasteiger partial charge in [0.05, 0.1) is 33.4 Å². The Balaban J connectivity index is 3.61. The van der Waals surface area contributed by atoms with Crippen molar-refractivity contribution < 1.29 is 12.9 Å². The van der Waals surface area contributed by atoms with Crippen LogP contribution in [0.25, 0.3) is 0 Å². The average molecular weight is 181 g/mol. The van der Waals surface area contributed by atoms with E-state index in [0.717, 1.165) is 11.0 Å². The van der Waals surface area contributed by atoms with E-state index in [1.54, 1.807) is 0 Å². The Morgan fingerprint density at radius 1 is 1.27 bits per heavy atom. The summed E-state index contributed by atoms with van der Waals surface area (Å²) >= 11 is 0. The smallest absolute Gasteiger partial charge is 0.209 e. The summed E-state index contributed by atoms with van der Waals surface area (Å²) in [5.74, 6) is 0.0858. The maximum absolute atomic E-state index is 10.5. The Bertz CT molecular complexity index is 203. The van der Waals surface area contributed by atoms with E-state index in [4.69, 9.17) is 5.14 Å². The minimum absolute atomic E-state index is 0.0858. The second-order valence-corrected chi connectivity index (χ2v) is 5.47. The van der Waals surface area contributed by atoms with Crippen LogP contribution in [0.15, 0.2) is 0 Å². The lowest BCUT2D eigenvalue weighted by Crippen LogP contribution is -2.36. The molecule has 0 aromatic heterocycles. The molecule has 5 heteroatoms. The summed E-state index contributed by atoms with van der Waals surface area (Å²) in [7, 11) is 2.79. The monoisotopic (exact) mass is 181 g/mol. The van der Waals surface area contributed by atoms with Crippen molar-refractivity contribution in [2.75, 3.05) is 33.4 Å². The zero-order chi connectivity index (χ0) is 9.12. The first kappa shape index (κ1) is 10.9. The number of primary sulfonamides is 1. The standard InChI is InChI=1S/C6H17N2O2S/c1-8(2,3)5-4-6-11(7,9)10/h4-6H2,1-3H3,(H2,7,9,10)/q+1. The van der Waals surface area contributed by atoms with Gasteiger partial charge >= 0.3 is 0 Å². The number of sulfonamides is 1. The van der Waals surface area contributed by atoms with Crippen molar-refractivity contribution in [2.24, 2.45) is 5.14 Å². The van der Waals surface area contributed by atoms with E-state index in [2.05, 4.69) is 0 Å². The molecule has 0 heterocycles. The van der Waals surface area contributed by atoms with Crippen LogP contribution in [0.1, 0.15) is 6.42 Å². The summed E-state index contributed by atoms with van der Waals surface area (Å²) in [4.78, 5) is 0. The van der Waals surface area contributed by atoms with Crippen molar-refractivity contribution in [3.63, 3.8) is 0 Å². The highest BCUT2D eigenvalue weighted by Gasteiger charge is 2.09. The van der Waals surface area contributed by atoms with E-state index in [1.165, 1.54) is 0 Å². The van der Waals surface area contributed by atoms with Gasteiger partial charge in [-0.2, -0.15) is 0 Å². The van der Waals surface area contributed by atoms with E-state index in [-0.39, 0.29) is 5.75 Å². The summed E-state index contributed by atoms with van der Waals surface area (Å²) < 4.78 is 21.7. The molecule has 0 radical (unpaired) electrons. The van der Waals surface area contributed by atoms with Crippen LogP contribution in [0.5, 0.6) is 0 Å². The van der Waals surface area contributed by atoms with Gasteiger partial charge in [-0.1, -0.05) is 0 Å². The molecule has 0 bridgehead atoms. The van der Waals surface area contributed by atoms with Gasteiger partial charge in [0.15, 0.2) is 0 Å². The Morgan fingerprint density at radius 2 is 1.73 bits per heavy atom. The van der Waals surface area contributed by atoms with Crippen LogP contribution in [0.4, 0.5) is 0 Å². The first-order valence-electron chi connectivity index (χ1n) is 3.52. The van der Waals surface area contributed by atoms with E-state index in [1.807, 2.05) is 21.1 Å². The van der Waals surface area contributed by atoms with Gasteiger partial charge in [-0.15, -0.1) is 0 Å². The molecule has 2 N–H and O–H groups in total. The second kappa shape index (κ2) is 3.51. The highest BCUT2D eigenvalue weighted by Crippen LogP contribution is 1.94. The van der Waals surface area contributed by atoms with Crippen molar-refractivity contribution >= 4 is 10.0 Å². The van der Waals surface area contributed by atoms with Gasteiger partial charge in [-0.25, -0.2) is 13.6 Å². The van der Waals surface area contributed by atoms with Crippen molar-refractivity contribution in [1.82, 2.24) is 0 Å². The van der Waals surface area contributed by atoms with Crippen LogP contribution >= 0.6 is 0 Å². The fourth-order valence-corrected chi connectivity index (χ4v) is 1.27. The minimum Gasteiger partial charge on any atom is -0.331 e. The lowest BCUT2D eigenvalue weighted by Gasteiger charge is -2.23. The molecular weight excluding hydrogens is 164 g/mol. The maximum atomic E-state index is 10.5. The van der Waals surface area contributed by atoms with Crippen LogP contribution in [0.3, 0.4) is 0 Å². The molecule has 0 aromatic rings.